The van der Waals surface area contributed by atoms with Gasteiger partial charge in [0.05, 0.1) is 12.0 Å². The number of rotatable bonds is 2. The molecule has 0 radical (unpaired) electrons. The van der Waals surface area contributed by atoms with Crippen LogP contribution in [0.4, 0.5) is 5.13 Å². The van der Waals surface area contributed by atoms with E-state index < -0.39 is 5.97 Å². The molecule has 5 nitrogen and oxygen atoms in total. The highest BCUT2D eigenvalue weighted by Crippen LogP contribution is 2.31. The lowest BCUT2D eigenvalue weighted by molar-refractivity contribution is 0.0596. The molecule has 0 fully saturated rings. The van der Waals surface area contributed by atoms with Crippen molar-refractivity contribution in [2.75, 3.05) is 12.8 Å². The summed E-state index contributed by atoms with van der Waals surface area (Å²) >= 11 is 1.25. The van der Waals surface area contributed by atoms with Crippen molar-refractivity contribution < 1.29 is 9.53 Å². The molecule has 2 aromatic heterocycles. The molecule has 0 unspecified atom stereocenters. The Morgan fingerprint density at radius 2 is 2.12 bits per heavy atom. The van der Waals surface area contributed by atoms with E-state index in [0.29, 0.717) is 10.0 Å². The zero-order valence-corrected chi connectivity index (χ0v) is 9.32. The summed E-state index contributed by atoms with van der Waals surface area (Å²) in [5.41, 5.74) is 6.69. The van der Waals surface area contributed by atoms with Crippen molar-refractivity contribution in [3.63, 3.8) is 0 Å². The van der Waals surface area contributed by atoms with Gasteiger partial charge in [0.25, 0.3) is 0 Å². The number of ether oxygens (including phenoxy) is 1. The van der Waals surface area contributed by atoms with Crippen LogP contribution in [0.15, 0.2) is 24.5 Å². The Bertz CT molecular complexity index is 510. The summed E-state index contributed by atoms with van der Waals surface area (Å²) in [6.45, 7) is 0. The first-order chi connectivity index (χ1) is 7.72. The van der Waals surface area contributed by atoms with Crippen molar-refractivity contribution in [2.45, 2.75) is 0 Å². The fraction of sp³-hybridized carbons (Fsp3) is 0.100. The Balaban J connectivity index is 2.53. The van der Waals surface area contributed by atoms with Gasteiger partial charge in [-0.2, -0.15) is 0 Å². The summed E-state index contributed by atoms with van der Waals surface area (Å²) in [7, 11) is 1.31. The molecule has 0 aromatic carbocycles. The molecule has 0 bridgehead atoms. The van der Waals surface area contributed by atoms with Gasteiger partial charge in [-0.3, -0.25) is 4.98 Å². The Labute approximate surface area is 95.9 Å². The molecule has 0 spiro atoms. The molecule has 0 saturated carbocycles. The Morgan fingerprint density at radius 1 is 1.44 bits per heavy atom. The summed E-state index contributed by atoms with van der Waals surface area (Å²) in [5.74, 6) is -0.486. The highest BCUT2D eigenvalue weighted by atomic mass is 32.1. The van der Waals surface area contributed by atoms with Gasteiger partial charge in [0.2, 0.25) is 0 Å². The first-order valence-electron chi connectivity index (χ1n) is 4.47. The molecule has 0 amide bonds. The number of nitrogens with zero attached hydrogens (tertiary/aromatic N) is 2. The number of thiazole rings is 1. The van der Waals surface area contributed by atoms with Crippen LogP contribution in [0.2, 0.25) is 0 Å². The van der Waals surface area contributed by atoms with Crippen molar-refractivity contribution in [1.29, 1.82) is 0 Å². The second-order valence-electron chi connectivity index (χ2n) is 2.96. The Kier molecular flexibility index (Phi) is 2.82. The second-order valence-corrected chi connectivity index (χ2v) is 3.99. The zero-order chi connectivity index (χ0) is 11.5. The van der Waals surface area contributed by atoms with Crippen molar-refractivity contribution in [2.24, 2.45) is 0 Å². The third kappa shape index (κ3) is 1.87. The Morgan fingerprint density at radius 3 is 2.75 bits per heavy atom. The predicted octanol–water partition coefficient (Wildman–Crippen LogP) is 1.57. The molecule has 0 saturated heterocycles. The molecule has 0 atom stereocenters. The zero-order valence-electron chi connectivity index (χ0n) is 8.51. The van der Waals surface area contributed by atoms with E-state index in [-0.39, 0.29) is 5.69 Å². The van der Waals surface area contributed by atoms with Gasteiger partial charge in [0.1, 0.15) is 0 Å². The van der Waals surface area contributed by atoms with Crippen molar-refractivity contribution >= 4 is 22.4 Å². The molecule has 2 rings (SSSR count). The van der Waals surface area contributed by atoms with E-state index in [4.69, 9.17) is 5.73 Å². The lowest BCUT2D eigenvalue weighted by Gasteiger charge is -1.99. The third-order valence-electron chi connectivity index (χ3n) is 1.96. The van der Waals surface area contributed by atoms with Gasteiger partial charge in [-0.1, -0.05) is 11.3 Å². The standard InChI is InChI=1S/C10H9N3O2S/c1-15-9(14)7-8(16-10(11)13-7)6-2-4-12-5-3-6/h2-5H,1H3,(H2,11,13). The molecule has 82 valence electrons. The fourth-order valence-corrected chi connectivity index (χ4v) is 2.10. The van der Waals surface area contributed by atoms with Crippen molar-refractivity contribution in [3.8, 4) is 10.4 Å². The number of carbonyl (C=O) groups excluding carboxylic acids is 1. The van der Waals surface area contributed by atoms with Crippen LogP contribution in [0, 0.1) is 0 Å². The molecular weight excluding hydrogens is 226 g/mol. The van der Waals surface area contributed by atoms with Crippen LogP contribution < -0.4 is 5.73 Å². The molecule has 2 aromatic rings. The largest absolute Gasteiger partial charge is 0.464 e. The summed E-state index contributed by atoms with van der Waals surface area (Å²) in [6, 6.07) is 3.58. The topological polar surface area (TPSA) is 78.1 Å². The van der Waals surface area contributed by atoms with Crippen LogP contribution in [-0.4, -0.2) is 23.0 Å². The van der Waals surface area contributed by atoms with E-state index in [9.17, 15) is 4.79 Å². The average molecular weight is 235 g/mol. The van der Waals surface area contributed by atoms with Crippen LogP contribution in [0.1, 0.15) is 10.5 Å². The molecule has 2 heterocycles. The number of methoxy groups -OCH3 is 1. The van der Waals surface area contributed by atoms with E-state index in [1.807, 2.05) is 0 Å². The van der Waals surface area contributed by atoms with Gasteiger partial charge in [-0.25, -0.2) is 9.78 Å². The van der Waals surface area contributed by atoms with Crippen LogP contribution in [0.25, 0.3) is 10.4 Å². The molecule has 6 heteroatoms. The van der Waals surface area contributed by atoms with Crippen LogP contribution in [0.3, 0.4) is 0 Å². The smallest absolute Gasteiger partial charge is 0.358 e. The predicted molar refractivity (Wildman–Crippen MR) is 61.1 cm³/mol. The molecule has 0 aliphatic carbocycles. The third-order valence-corrected chi connectivity index (χ3v) is 2.90. The van der Waals surface area contributed by atoms with Gasteiger partial charge >= 0.3 is 5.97 Å². The average Bonchev–Trinajstić information content (AvgIpc) is 2.71. The minimum absolute atomic E-state index is 0.246. The molecule has 0 aliphatic heterocycles. The Hall–Kier alpha value is -1.95. The number of esters is 1. The van der Waals surface area contributed by atoms with E-state index in [0.717, 1.165) is 5.56 Å². The lowest BCUT2D eigenvalue weighted by atomic mass is 10.2. The monoisotopic (exact) mass is 235 g/mol. The fourth-order valence-electron chi connectivity index (χ4n) is 1.27. The van der Waals surface area contributed by atoms with Crippen LogP contribution >= 0.6 is 11.3 Å². The van der Waals surface area contributed by atoms with Gasteiger partial charge in [0, 0.05) is 12.4 Å². The highest BCUT2D eigenvalue weighted by molar-refractivity contribution is 7.19. The SMILES string of the molecule is COC(=O)c1nc(N)sc1-c1ccncc1. The van der Waals surface area contributed by atoms with Gasteiger partial charge in [0.15, 0.2) is 10.8 Å². The highest BCUT2D eigenvalue weighted by Gasteiger charge is 2.18. The molecule has 0 aliphatic rings. The van der Waals surface area contributed by atoms with E-state index >= 15 is 0 Å². The number of hydrogen-bond acceptors (Lipinski definition) is 6. The minimum atomic E-state index is -0.486. The number of anilines is 1. The normalized spacial score (nSPS) is 10.1. The quantitative estimate of drug-likeness (QED) is 0.799. The minimum Gasteiger partial charge on any atom is -0.464 e. The summed E-state index contributed by atoms with van der Waals surface area (Å²) < 4.78 is 4.65. The van der Waals surface area contributed by atoms with E-state index in [1.54, 1.807) is 24.5 Å². The number of nitrogens with two attached hydrogens (primary N) is 1. The van der Waals surface area contributed by atoms with Crippen molar-refractivity contribution in [3.05, 3.63) is 30.2 Å². The maximum atomic E-state index is 11.5. The van der Waals surface area contributed by atoms with Crippen LogP contribution in [-0.2, 0) is 4.74 Å². The summed E-state index contributed by atoms with van der Waals surface area (Å²) in [5, 5.41) is 0.340. The summed E-state index contributed by atoms with van der Waals surface area (Å²) in [4.78, 5) is 20.0. The number of pyridine rings is 1. The molecule has 2 N–H and O–H groups in total. The van der Waals surface area contributed by atoms with E-state index in [1.165, 1.54) is 18.4 Å². The number of hydrogen-bond donors (Lipinski definition) is 1. The first-order valence-corrected chi connectivity index (χ1v) is 5.29. The van der Waals surface area contributed by atoms with Crippen LogP contribution in [0.5, 0.6) is 0 Å². The first kappa shape index (κ1) is 10.6. The van der Waals surface area contributed by atoms with E-state index in [2.05, 4.69) is 14.7 Å². The molecular formula is C10H9N3O2S. The number of aromatic nitrogens is 2. The maximum absolute atomic E-state index is 11.5. The second kappa shape index (κ2) is 4.28. The molecule has 16 heavy (non-hydrogen) atoms. The maximum Gasteiger partial charge on any atom is 0.358 e. The number of nitrogen functional groups attached to an aromatic ring is 1. The lowest BCUT2D eigenvalue weighted by Crippen LogP contribution is -2.03. The van der Waals surface area contributed by atoms with Crippen molar-refractivity contribution in [1.82, 2.24) is 9.97 Å². The summed E-state index contributed by atoms with van der Waals surface area (Å²) in [6.07, 6.45) is 3.29. The van der Waals surface area contributed by atoms with Gasteiger partial charge in [-0.05, 0) is 17.7 Å². The number of carbonyl (C=O) groups is 1. The van der Waals surface area contributed by atoms with Gasteiger partial charge in [-0.15, -0.1) is 0 Å². The van der Waals surface area contributed by atoms with Gasteiger partial charge < -0.3 is 10.5 Å².